The molecule has 5 heteroatoms. The second kappa shape index (κ2) is 5.88. The molecule has 2 aliphatic rings. The number of amides is 1. The molecule has 0 radical (unpaired) electrons. The number of carbonyl (C=O) groups is 1. The Balaban J connectivity index is 0.00000180. The number of hydrogen-bond acceptors (Lipinski definition) is 3. The largest absolute Gasteiger partial charge is 0.444 e. The zero-order chi connectivity index (χ0) is 13.4. The Kier molecular flexibility index (Phi) is 5.13. The summed E-state index contributed by atoms with van der Waals surface area (Å²) in [5.41, 5.74) is 5.98. The van der Waals surface area contributed by atoms with E-state index in [0.717, 1.165) is 25.7 Å². The maximum Gasteiger partial charge on any atom is 0.407 e. The van der Waals surface area contributed by atoms with Crippen LogP contribution < -0.4 is 11.1 Å². The quantitative estimate of drug-likeness (QED) is 0.780. The lowest BCUT2D eigenvalue weighted by atomic mass is 9.58. The molecule has 2 fully saturated rings. The van der Waals surface area contributed by atoms with Crippen LogP contribution in [-0.2, 0) is 4.74 Å². The van der Waals surface area contributed by atoms with Crippen molar-refractivity contribution in [3.05, 3.63) is 0 Å². The van der Waals surface area contributed by atoms with Gasteiger partial charge in [0, 0.05) is 12.1 Å². The smallest absolute Gasteiger partial charge is 0.407 e. The summed E-state index contributed by atoms with van der Waals surface area (Å²) in [4.78, 5) is 11.6. The summed E-state index contributed by atoms with van der Waals surface area (Å²) in [6.45, 7) is 5.66. The van der Waals surface area contributed by atoms with Crippen LogP contribution in [0, 0.1) is 5.41 Å². The molecule has 0 saturated heterocycles. The van der Waals surface area contributed by atoms with Crippen LogP contribution in [0.1, 0.15) is 59.3 Å². The molecule has 0 unspecified atom stereocenters. The minimum Gasteiger partial charge on any atom is -0.444 e. The van der Waals surface area contributed by atoms with Gasteiger partial charge in [0.05, 0.1) is 0 Å². The summed E-state index contributed by atoms with van der Waals surface area (Å²) in [6.07, 6.45) is 6.63. The number of ether oxygens (including phenoxy) is 1. The third-order valence-electron chi connectivity index (χ3n) is 4.17. The zero-order valence-corrected chi connectivity index (χ0v) is 13.0. The third-order valence-corrected chi connectivity index (χ3v) is 4.17. The first-order valence-electron chi connectivity index (χ1n) is 7.03. The summed E-state index contributed by atoms with van der Waals surface area (Å²) in [7, 11) is 0. The molecule has 0 aliphatic heterocycles. The van der Waals surface area contributed by atoms with Gasteiger partial charge in [0.2, 0.25) is 0 Å². The molecule has 0 heterocycles. The molecule has 0 aromatic rings. The minimum absolute atomic E-state index is 0. The van der Waals surface area contributed by atoms with Crippen molar-refractivity contribution in [2.75, 3.05) is 0 Å². The predicted molar refractivity (Wildman–Crippen MR) is 78.5 cm³/mol. The van der Waals surface area contributed by atoms with E-state index in [1.807, 2.05) is 20.8 Å². The molecule has 0 bridgehead atoms. The average molecular weight is 291 g/mol. The zero-order valence-electron chi connectivity index (χ0n) is 12.2. The van der Waals surface area contributed by atoms with Crippen molar-refractivity contribution >= 4 is 18.5 Å². The normalized spacial score (nSPS) is 34.1. The van der Waals surface area contributed by atoms with E-state index in [4.69, 9.17) is 10.5 Å². The first-order valence-corrected chi connectivity index (χ1v) is 7.03. The first-order chi connectivity index (χ1) is 8.28. The van der Waals surface area contributed by atoms with Crippen LogP contribution in [0.3, 0.4) is 0 Å². The lowest BCUT2D eigenvalue weighted by Gasteiger charge is -2.51. The molecule has 112 valence electrons. The highest BCUT2D eigenvalue weighted by molar-refractivity contribution is 5.85. The van der Waals surface area contributed by atoms with Crippen LogP contribution >= 0.6 is 12.4 Å². The molecule has 2 rings (SSSR count). The van der Waals surface area contributed by atoms with Gasteiger partial charge in [0.1, 0.15) is 5.60 Å². The van der Waals surface area contributed by atoms with Crippen LogP contribution in [0.25, 0.3) is 0 Å². The Labute approximate surface area is 122 Å². The summed E-state index contributed by atoms with van der Waals surface area (Å²) in [6, 6.07) is 0.697. The number of halogens is 1. The van der Waals surface area contributed by atoms with Crippen molar-refractivity contribution in [2.24, 2.45) is 11.1 Å². The maximum absolute atomic E-state index is 11.6. The minimum atomic E-state index is -0.414. The number of nitrogens with one attached hydrogen (secondary N) is 1. The second-order valence-electron chi connectivity index (χ2n) is 7.09. The van der Waals surface area contributed by atoms with Gasteiger partial charge < -0.3 is 15.8 Å². The Morgan fingerprint density at radius 2 is 1.79 bits per heavy atom. The van der Waals surface area contributed by atoms with Crippen LogP contribution in [-0.4, -0.2) is 23.8 Å². The predicted octanol–water partition coefficient (Wildman–Crippen LogP) is 2.98. The molecule has 2 saturated carbocycles. The fourth-order valence-corrected chi connectivity index (χ4v) is 3.22. The third kappa shape index (κ3) is 4.53. The Bertz CT molecular complexity index is 312. The van der Waals surface area contributed by atoms with E-state index in [9.17, 15) is 4.79 Å². The van der Waals surface area contributed by atoms with Gasteiger partial charge in [-0.2, -0.15) is 0 Å². The van der Waals surface area contributed by atoms with Gasteiger partial charge in [-0.15, -0.1) is 12.4 Å². The van der Waals surface area contributed by atoms with Crippen molar-refractivity contribution in [3.63, 3.8) is 0 Å². The van der Waals surface area contributed by atoms with E-state index in [1.165, 1.54) is 12.8 Å². The van der Waals surface area contributed by atoms with Gasteiger partial charge in [-0.05, 0) is 64.7 Å². The summed E-state index contributed by atoms with van der Waals surface area (Å²) in [5, 5.41) is 2.96. The lowest BCUT2D eigenvalue weighted by molar-refractivity contribution is 0.0144. The number of alkyl carbamates (subject to hydrolysis) is 1. The molecule has 0 aromatic heterocycles. The topological polar surface area (TPSA) is 64.3 Å². The van der Waals surface area contributed by atoms with Crippen molar-refractivity contribution in [1.82, 2.24) is 5.32 Å². The van der Waals surface area contributed by atoms with Gasteiger partial charge in [-0.1, -0.05) is 0 Å². The molecular weight excluding hydrogens is 264 g/mol. The van der Waals surface area contributed by atoms with Gasteiger partial charge in [0.25, 0.3) is 0 Å². The molecule has 1 amide bonds. The van der Waals surface area contributed by atoms with Crippen LogP contribution in [0.2, 0.25) is 0 Å². The fraction of sp³-hybridized carbons (Fsp3) is 0.929. The van der Waals surface area contributed by atoms with Crippen molar-refractivity contribution < 1.29 is 9.53 Å². The van der Waals surface area contributed by atoms with Crippen LogP contribution in [0.15, 0.2) is 0 Å². The molecule has 4 nitrogen and oxygen atoms in total. The van der Waals surface area contributed by atoms with E-state index in [2.05, 4.69) is 5.32 Å². The molecule has 3 N–H and O–H groups in total. The van der Waals surface area contributed by atoms with Gasteiger partial charge in [-0.3, -0.25) is 0 Å². The van der Waals surface area contributed by atoms with E-state index < -0.39 is 5.60 Å². The van der Waals surface area contributed by atoms with Gasteiger partial charge in [-0.25, -0.2) is 4.79 Å². The molecule has 2 aliphatic carbocycles. The van der Waals surface area contributed by atoms with Gasteiger partial charge >= 0.3 is 6.09 Å². The highest BCUT2D eigenvalue weighted by atomic mass is 35.5. The van der Waals surface area contributed by atoms with Crippen molar-refractivity contribution in [1.29, 1.82) is 0 Å². The molecular formula is C14H27ClN2O2. The maximum atomic E-state index is 11.6. The lowest BCUT2D eigenvalue weighted by Crippen LogP contribution is -2.53. The summed E-state index contributed by atoms with van der Waals surface area (Å²) in [5.74, 6) is 0. The highest BCUT2D eigenvalue weighted by Gasteiger charge is 2.46. The van der Waals surface area contributed by atoms with E-state index in [-0.39, 0.29) is 18.5 Å². The molecule has 0 atom stereocenters. The van der Waals surface area contributed by atoms with Gasteiger partial charge in [0.15, 0.2) is 0 Å². The number of hydrogen-bond donors (Lipinski definition) is 2. The average Bonchev–Trinajstić information content (AvgIpc) is 2.16. The number of nitrogens with two attached hydrogens (primary N) is 1. The monoisotopic (exact) mass is 290 g/mol. The summed E-state index contributed by atoms with van der Waals surface area (Å²) >= 11 is 0. The van der Waals surface area contributed by atoms with Crippen molar-refractivity contribution in [2.45, 2.75) is 77.0 Å². The Morgan fingerprint density at radius 1 is 1.26 bits per heavy atom. The molecule has 0 aromatic carbocycles. The van der Waals surface area contributed by atoms with E-state index >= 15 is 0 Å². The Morgan fingerprint density at radius 3 is 2.26 bits per heavy atom. The number of rotatable bonds is 1. The van der Waals surface area contributed by atoms with Crippen LogP contribution in [0.5, 0.6) is 0 Å². The second-order valence-corrected chi connectivity index (χ2v) is 7.09. The standard InChI is InChI=1S/C14H26N2O2.ClH/c1-13(2,3)18-12(17)16-11-8-14(9-11)6-4-10(15)5-7-14;/h10-11H,4-9,15H2,1-3H3,(H,16,17);1H. The van der Waals surface area contributed by atoms with E-state index in [1.54, 1.807) is 0 Å². The number of carbonyl (C=O) groups excluding carboxylic acids is 1. The van der Waals surface area contributed by atoms with Crippen LogP contribution in [0.4, 0.5) is 4.79 Å². The SMILES string of the molecule is CC(C)(C)OC(=O)NC1CC2(CCC(N)CC2)C1.Cl. The highest BCUT2D eigenvalue weighted by Crippen LogP contribution is 2.51. The first kappa shape index (κ1) is 16.6. The van der Waals surface area contributed by atoms with E-state index in [0.29, 0.717) is 17.5 Å². The fourth-order valence-electron chi connectivity index (χ4n) is 3.22. The molecule has 19 heavy (non-hydrogen) atoms. The molecule has 1 spiro atoms. The summed E-state index contributed by atoms with van der Waals surface area (Å²) < 4.78 is 5.27. The Hall–Kier alpha value is -0.480. The van der Waals surface area contributed by atoms with Crippen molar-refractivity contribution in [3.8, 4) is 0 Å².